The largest absolute Gasteiger partial charge is 0.487 e. The zero-order valence-electron chi connectivity index (χ0n) is 12.5. The molecule has 0 unspecified atom stereocenters. The van der Waals surface area contributed by atoms with Crippen LogP contribution in [-0.2, 0) is 19.6 Å². The molecule has 1 heterocycles. The third kappa shape index (κ3) is 3.39. The lowest BCUT2D eigenvalue weighted by Crippen LogP contribution is -2.08. The van der Waals surface area contributed by atoms with Gasteiger partial charge in [0, 0.05) is 6.54 Å². The highest BCUT2D eigenvalue weighted by Gasteiger charge is 2.08. The summed E-state index contributed by atoms with van der Waals surface area (Å²) in [6.45, 7) is 8.19. The van der Waals surface area contributed by atoms with Crippen LogP contribution in [0.4, 0.5) is 0 Å². The molecular formula is C16H23N3O. The van der Waals surface area contributed by atoms with E-state index in [4.69, 9.17) is 10.5 Å². The molecule has 2 rings (SSSR count). The molecule has 20 heavy (non-hydrogen) atoms. The molecule has 0 saturated heterocycles. The van der Waals surface area contributed by atoms with Crippen molar-refractivity contribution in [2.75, 3.05) is 6.54 Å². The van der Waals surface area contributed by atoms with Gasteiger partial charge in [-0.2, -0.15) is 5.10 Å². The van der Waals surface area contributed by atoms with Crippen LogP contribution in [-0.4, -0.2) is 16.3 Å². The molecule has 0 radical (unpaired) electrons. The number of rotatable bonds is 6. The Labute approximate surface area is 120 Å². The number of ether oxygens (including phenoxy) is 1. The summed E-state index contributed by atoms with van der Waals surface area (Å²) >= 11 is 0. The lowest BCUT2D eigenvalue weighted by molar-refractivity contribution is 0.289. The number of nitrogens with two attached hydrogens (primary N) is 1. The number of hydrogen-bond acceptors (Lipinski definition) is 3. The van der Waals surface area contributed by atoms with E-state index in [0.717, 1.165) is 30.1 Å². The summed E-state index contributed by atoms with van der Waals surface area (Å²) in [5, 5.41) is 4.43. The van der Waals surface area contributed by atoms with Gasteiger partial charge in [-0.1, -0.05) is 17.7 Å². The van der Waals surface area contributed by atoms with Crippen molar-refractivity contribution in [2.45, 2.75) is 40.3 Å². The Bertz CT molecular complexity index is 575. The Hall–Kier alpha value is -1.81. The Morgan fingerprint density at radius 2 is 2.05 bits per heavy atom. The summed E-state index contributed by atoms with van der Waals surface area (Å²) in [6, 6.07) is 8.31. The lowest BCUT2D eigenvalue weighted by atomic mass is 10.1. The maximum Gasteiger partial charge on any atom is 0.130 e. The molecule has 1 aromatic heterocycles. The molecule has 0 bridgehead atoms. The van der Waals surface area contributed by atoms with Crippen LogP contribution >= 0.6 is 0 Å². The van der Waals surface area contributed by atoms with Crippen molar-refractivity contribution in [3.63, 3.8) is 0 Å². The van der Waals surface area contributed by atoms with Gasteiger partial charge in [-0.15, -0.1) is 0 Å². The Morgan fingerprint density at radius 1 is 1.25 bits per heavy atom. The van der Waals surface area contributed by atoms with E-state index in [0.29, 0.717) is 13.2 Å². The first kappa shape index (κ1) is 14.6. The molecule has 4 heteroatoms. The van der Waals surface area contributed by atoms with Gasteiger partial charge in [0.05, 0.1) is 11.4 Å². The molecule has 0 aliphatic carbocycles. The molecule has 2 N–H and O–H groups in total. The number of nitrogens with zero attached hydrogens (tertiary/aromatic N) is 2. The highest BCUT2D eigenvalue weighted by atomic mass is 16.5. The second kappa shape index (κ2) is 6.57. The van der Waals surface area contributed by atoms with Gasteiger partial charge in [-0.3, -0.25) is 4.68 Å². The summed E-state index contributed by atoms with van der Waals surface area (Å²) < 4.78 is 7.95. The van der Waals surface area contributed by atoms with E-state index in [1.807, 2.05) is 17.7 Å². The molecule has 0 aliphatic rings. The quantitative estimate of drug-likeness (QED) is 0.880. The number of aromatic nitrogens is 2. The van der Waals surface area contributed by atoms with E-state index in [9.17, 15) is 0 Å². The highest BCUT2D eigenvalue weighted by molar-refractivity contribution is 5.37. The second-order valence-corrected chi connectivity index (χ2v) is 5.03. The SMILES string of the molecule is CCn1nc(C)cc1COc1ccc(C)cc1CCN. The minimum absolute atomic E-state index is 0.537. The van der Waals surface area contributed by atoms with Gasteiger partial charge in [0.1, 0.15) is 12.4 Å². The minimum atomic E-state index is 0.537. The van der Waals surface area contributed by atoms with Crippen molar-refractivity contribution in [1.29, 1.82) is 0 Å². The van der Waals surface area contributed by atoms with Crippen molar-refractivity contribution in [3.05, 3.63) is 46.8 Å². The van der Waals surface area contributed by atoms with E-state index in [-0.39, 0.29) is 0 Å². The molecule has 0 atom stereocenters. The van der Waals surface area contributed by atoms with Crippen LogP contribution in [0.5, 0.6) is 5.75 Å². The van der Waals surface area contributed by atoms with Crippen molar-refractivity contribution >= 4 is 0 Å². The van der Waals surface area contributed by atoms with E-state index >= 15 is 0 Å². The van der Waals surface area contributed by atoms with Gasteiger partial charge in [0.25, 0.3) is 0 Å². The third-order valence-electron chi connectivity index (χ3n) is 3.29. The topological polar surface area (TPSA) is 53.1 Å². The summed E-state index contributed by atoms with van der Waals surface area (Å²) in [5.41, 5.74) is 10.2. The van der Waals surface area contributed by atoms with E-state index < -0.39 is 0 Å². The summed E-state index contributed by atoms with van der Waals surface area (Å²) in [4.78, 5) is 0. The summed E-state index contributed by atoms with van der Waals surface area (Å²) in [6.07, 6.45) is 0.836. The van der Waals surface area contributed by atoms with Crippen molar-refractivity contribution in [3.8, 4) is 5.75 Å². The smallest absolute Gasteiger partial charge is 0.130 e. The number of hydrogen-bond donors (Lipinski definition) is 1. The van der Waals surface area contributed by atoms with Crippen LogP contribution in [0.25, 0.3) is 0 Å². The first-order chi connectivity index (χ1) is 9.63. The van der Waals surface area contributed by atoms with Crippen LogP contribution < -0.4 is 10.5 Å². The second-order valence-electron chi connectivity index (χ2n) is 5.03. The predicted molar refractivity (Wildman–Crippen MR) is 80.9 cm³/mol. The fourth-order valence-electron chi connectivity index (χ4n) is 2.34. The Morgan fingerprint density at radius 3 is 2.75 bits per heavy atom. The average Bonchev–Trinajstić information content (AvgIpc) is 2.78. The molecular weight excluding hydrogens is 250 g/mol. The Kier molecular flexibility index (Phi) is 4.79. The van der Waals surface area contributed by atoms with Crippen molar-refractivity contribution in [2.24, 2.45) is 5.73 Å². The molecule has 108 valence electrons. The van der Waals surface area contributed by atoms with Gasteiger partial charge in [-0.05, 0) is 51.4 Å². The number of aryl methyl sites for hydroxylation is 3. The minimum Gasteiger partial charge on any atom is -0.487 e. The zero-order valence-corrected chi connectivity index (χ0v) is 12.5. The molecule has 0 amide bonds. The maximum absolute atomic E-state index is 5.97. The normalized spacial score (nSPS) is 10.8. The monoisotopic (exact) mass is 273 g/mol. The molecule has 0 fully saturated rings. The van der Waals surface area contributed by atoms with Gasteiger partial charge in [0.15, 0.2) is 0 Å². The molecule has 0 saturated carbocycles. The van der Waals surface area contributed by atoms with Gasteiger partial charge < -0.3 is 10.5 Å². The lowest BCUT2D eigenvalue weighted by Gasteiger charge is -2.12. The zero-order chi connectivity index (χ0) is 14.5. The van der Waals surface area contributed by atoms with E-state index in [1.165, 1.54) is 11.1 Å². The van der Waals surface area contributed by atoms with Gasteiger partial charge in [-0.25, -0.2) is 0 Å². The first-order valence-corrected chi connectivity index (χ1v) is 7.09. The van der Waals surface area contributed by atoms with Crippen LogP contribution in [0, 0.1) is 13.8 Å². The van der Waals surface area contributed by atoms with Crippen LogP contribution in [0.3, 0.4) is 0 Å². The van der Waals surface area contributed by atoms with Crippen LogP contribution in [0.15, 0.2) is 24.3 Å². The van der Waals surface area contributed by atoms with E-state index in [2.05, 4.69) is 37.1 Å². The standard InChI is InChI=1S/C16H23N3O/c1-4-19-15(10-13(3)18-19)11-20-16-6-5-12(2)9-14(16)7-8-17/h5-6,9-10H,4,7-8,11,17H2,1-3H3. The van der Waals surface area contributed by atoms with Crippen molar-refractivity contribution in [1.82, 2.24) is 9.78 Å². The molecule has 0 aliphatic heterocycles. The predicted octanol–water partition coefficient (Wildman–Crippen LogP) is 2.60. The fraction of sp³-hybridized carbons (Fsp3) is 0.438. The summed E-state index contributed by atoms with van der Waals surface area (Å²) in [5.74, 6) is 0.919. The molecule has 1 aromatic carbocycles. The molecule has 0 spiro atoms. The maximum atomic E-state index is 5.97. The molecule has 4 nitrogen and oxygen atoms in total. The van der Waals surface area contributed by atoms with Crippen LogP contribution in [0.2, 0.25) is 0 Å². The van der Waals surface area contributed by atoms with Crippen LogP contribution in [0.1, 0.15) is 29.4 Å². The number of benzene rings is 1. The first-order valence-electron chi connectivity index (χ1n) is 7.09. The van der Waals surface area contributed by atoms with Gasteiger partial charge in [0.2, 0.25) is 0 Å². The third-order valence-corrected chi connectivity index (χ3v) is 3.29. The van der Waals surface area contributed by atoms with E-state index in [1.54, 1.807) is 0 Å². The van der Waals surface area contributed by atoms with Gasteiger partial charge >= 0.3 is 0 Å². The fourth-order valence-corrected chi connectivity index (χ4v) is 2.34. The Balaban J connectivity index is 2.13. The summed E-state index contributed by atoms with van der Waals surface area (Å²) in [7, 11) is 0. The molecule has 2 aromatic rings. The highest BCUT2D eigenvalue weighted by Crippen LogP contribution is 2.21. The van der Waals surface area contributed by atoms with Crippen molar-refractivity contribution < 1.29 is 4.74 Å². The average molecular weight is 273 g/mol.